The molecule has 4 aromatic rings. The van der Waals surface area contributed by atoms with Crippen LogP contribution in [0.3, 0.4) is 0 Å². The van der Waals surface area contributed by atoms with Crippen LogP contribution in [0.4, 0.5) is 0 Å². The van der Waals surface area contributed by atoms with Crippen LogP contribution in [0.15, 0.2) is 85.9 Å². The van der Waals surface area contributed by atoms with Crippen molar-refractivity contribution in [3.63, 3.8) is 0 Å². The molecule has 0 unspecified atom stereocenters. The first-order valence-corrected chi connectivity index (χ1v) is 10.6. The van der Waals surface area contributed by atoms with Crippen LogP contribution in [0.5, 0.6) is 0 Å². The van der Waals surface area contributed by atoms with E-state index in [2.05, 4.69) is 26.1 Å². The molecule has 0 spiro atoms. The standard InChI is InChI=1S/C21H13BrClN3O3S/c22-14-5-9-16(10-6-14)26-11-1-2-17(26)12-18(20(27)28)30-21-25-24-19(29-21)13-3-7-15(23)8-4-13/h1-12H,(H,27,28)/b18-12-. The third kappa shape index (κ3) is 4.67. The maximum Gasteiger partial charge on any atom is 0.342 e. The summed E-state index contributed by atoms with van der Waals surface area (Å²) in [6.45, 7) is 0. The first-order valence-electron chi connectivity index (χ1n) is 8.65. The Morgan fingerprint density at radius 1 is 1.10 bits per heavy atom. The number of hydrogen-bond donors (Lipinski definition) is 1. The number of aromatic nitrogens is 3. The molecule has 150 valence electrons. The predicted molar refractivity (Wildman–Crippen MR) is 120 cm³/mol. The number of thioether (sulfide) groups is 1. The number of nitrogens with zero attached hydrogens (tertiary/aromatic N) is 3. The zero-order valence-electron chi connectivity index (χ0n) is 15.2. The van der Waals surface area contributed by atoms with Gasteiger partial charge in [-0.3, -0.25) is 0 Å². The van der Waals surface area contributed by atoms with E-state index in [0.717, 1.165) is 21.9 Å². The minimum absolute atomic E-state index is 0.0540. The summed E-state index contributed by atoms with van der Waals surface area (Å²) in [5.41, 5.74) is 2.32. The highest BCUT2D eigenvalue weighted by Gasteiger charge is 2.17. The second-order valence-corrected chi connectivity index (χ2v) is 8.42. The van der Waals surface area contributed by atoms with Crippen molar-refractivity contribution in [2.45, 2.75) is 5.22 Å². The predicted octanol–water partition coefficient (Wildman–Crippen LogP) is 6.16. The Balaban J connectivity index is 1.61. The van der Waals surface area contributed by atoms with E-state index < -0.39 is 5.97 Å². The molecule has 2 aromatic heterocycles. The number of carboxylic acids is 1. The Hall–Kier alpha value is -2.81. The molecule has 2 aromatic carbocycles. The second-order valence-electron chi connectivity index (χ2n) is 6.08. The summed E-state index contributed by atoms with van der Waals surface area (Å²) < 4.78 is 8.47. The van der Waals surface area contributed by atoms with Crippen LogP contribution in [0.2, 0.25) is 5.02 Å². The molecule has 2 heterocycles. The number of carboxylic acid groups (broad SMARTS) is 1. The molecule has 6 nitrogen and oxygen atoms in total. The Morgan fingerprint density at radius 2 is 1.83 bits per heavy atom. The maximum atomic E-state index is 11.8. The topological polar surface area (TPSA) is 81.1 Å². The van der Waals surface area contributed by atoms with Crippen molar-refractivity contribution in [1.82, 2.24) is 14.8 Å². The van der Waals surface area contributed by atoms with Crippen molar-refractivity contribution in [2.75, 3.05) is 0 Å². The smallest absolute Gasteiger partial charge is 0.342 e. The fourth-order valence-electron chi connectivity index (χ4n) is 2.67. The summed E-state index contributed by atoms with van der Waals surface area (Å²) in [6, 6.07) is 18.3. The van der Waals surface area contributed by atoms with Crippen LogP contribution < -0.4 is 0 Å². The van der Waals surface area contributed by atoms with Gasteiger partial charge in [-0.05, 0) is 78.5 Å². The lowest BCUT2D eigenvalue weighted by molar-refractivity contribution is -0.131. The van der Waals surface area contributed by atoms with Gasteiger partial charge in [0.2, 0.25) is 5.89 Å². The maximum absolute atomic E-state index is 11.8. The Bertz CT molecular complexity index is 1220. The summed E-state index contributed by atoms with van der Waals surface area (Å²) in [4.78, 5) is 11.9. The number of carbonyl (C=O) groups is 1. The van der Waals surface area contributed by atoms with E-state index >= 15 is 0 Å². The molecule has 0 bridgehead atoms. The van der Waals surface area contributed by atoms with Crippen molar-refractivity contribution in [1.29, 1.82) is 0 Å². The lowest BCUT2D eigenvalue weighted by Crippen LogP contribution is -1.99. The molecule has 0 fully saturated rings. The number of aliphatic carboxylic acids is 1. The quantitative estimate of drug-likeness (QED) is 0.251. The number of benzene rings is 2. The molecular weight excluding hydrogens is 490 g/mol. The van der Waals surface area contributed by atoms with Crippen molar-refractivity contribution in [3.05, 3.63) is 87.0 Å². The third-order valence-corrected chi connectivity index (χ3v) is 5.70. The molecule has 4 rings (SSSR count). The van der Waals surface area contributed by atoms with Gasteiger partial charge in [0.25, 0.3) is 5.22 Å². The van der Waals surface area contributed by atoms with Gasteiger partial charge in [0, 0.05) is 32.6 Å². The lowest BCUT2D eigenvalue weighted by atomic mass is 10.2. The summed E-state index contributed by atoms with van der Waals surface area (Å²) in [7, 11) is 0. The highest BCUT2D eigenvalue weighted by atomic mass is 79.9. The monoisotopic (exact) mass is 501 g/mol. The highest BCUT2D eigenvalue weighted by Crippen LogP contribution is 2.31. The molecular formula is C21H13BrClN3O3S. The van der Waals surface area contributed by atoms with Crippen LogP contribution in [0.1, 0.15) is 5.69 Å². The molecule has 0 amide bonds. The van der Waals surface area contributed by atoms with Crippen LogP contribution in [-0.4, -0.2) is 25.8 Å². The van der Waals surface area contributed by atoms with Gasteiger partial charge in [-0.2, -0.15) is 0 Å². The zero-order valence-corrected chi connectivity index (χ0v) is 18.4. The Labute approximate surface area is 189 Å². The SMILES string of the molecule is O=C(O)/C(=C/c1cccn1-c1ccc(Br)cc1)Sc1nnc(-c2ccc(Cl)cc2)o1. The largest absolute Gasteiger partial charge is 0.477 e. The van der Waals surface area contributed by atoms with E-state index in [0.29, 0.717) is 16.3 Å². The van der Waals surface area contributed by atoms with Crippen molar-refractivity contribution >= 4 is 51.3 Å². The van der Waals surface area contributed by atoms with Crippen molar-refractivity contribution < 1.29 is 14.3 Å². The molecule has 0 saturated heterocycles. The molecule has 30 heavy (non-hydrogen) atoms. The Kier molecular flexibility index (Phi) is 6.08. The third-order valence-electron chi connectivity index (χ3n) is 4.07. The molecule has 0 aliphatic carbocycles. The van der Waals surface area contributed by atoms with Crippen molar-refractivity contribution in [3.8, 4) is 17.1 Å². The average Bonchev–Trinajstić information content (AvgIpc) is 3.38. The lowest BCUT2D eigenvalue weighted by Gasteiger charge is -2.07. The van der Waals surface area contributed by atoms with Gasteiger partial charge >= 0.3 is 5.97 Å². The normalized spacial score (nSPS) is 11.6. The van der Waals surface area contributed by atoms with E-state index in [4.69, 9.17) is 16.0 Å². The summed E-state index contributed by atoms with van der Waals surface area (Å²) in [5, 5.41) is 18.3. The summed E-state index contributed by atoms with van der Waals surface area (Å²) in [6.07, 6.45) is 3.44. The molecule has 0 aliphatic rings. The van der Waals surface area contributed by atoms with Gasteiger partial charge in [-0.1, -0.05) is 27.5 Å². The van der Waals surface area contributed by atoms with Gasteiger partial charge in [0.15, 0.2) is 0 Å². The fraction of sp³-hybridized carbons (Fsp3) is 0. The average molecular weight is 503 g/mol. The van der Waals surface area contributed by atoms with Gasteiger partial charge in [-0.25, -0.2) is 4.79 Å². The minimum atomic E-state index is -1.09. The molecule has 0 aliphatic heterocycles. The van der Waals surface area contributed by atoms with E-state index in [1.165, 1.54) is 0 Å². The molecule has 1 N–H and O–H groups in total. The fourth-order valence-corrected chi connectivity index (χ4v) is 3.72. The summed E-state index contributed by atoms with van der Waals surface area (Å²) >= 11 is 10.2. The van der Waals surface area contributed by atoms with Gasteiger partial charge in [-0.15, -0.1) is 10.2 Å². The second kappa shape index (κ2) is 8.91. The minimum Gasteiger partial charge on any atom is -0.477 e. The van der Waals surface area contributed by atoms with Crippen LogP contribution in [-0.2, 0) is 4.79 Å². The number of rotatable bonds is 6. The first kappa shape index (κ1) is 20.5. The highest BCUT2D eigenvalue weighted by molar-refractivity contribution is 9.10. The van der Waals surface area contributed by atoms with E-state index in [9.17, 15) is 9.90 Å². The van der Waals surface area contributed by atoms with E-state index in [1.807, 2.05) is 47.2 Å². The molecule has 9 heteroatoms. The first-order chi connectivity index (χ1) is 14.5. The summed E-state index contributed by atoms with van der Waals surface area (Å²) in [5.74, 6) is -0.799. The molecule has 0 atom stereocenters. The van der Waals surface area contributed by atoms with Gasteiger partial charge < -0.3 is 14.1 Å². The van der Waals surface area contributed by atoms with Crippen LogP contribution in [0, 0.1) is 0 Å². The van der Waals surface area contributed by atoms with E-state index in [-0.39, 0.29) is 16.0 Å². The number of hydrogen-bond acceptors (Lipinski definition) is 5. The van der Waals surface area contributed by atoms with Gasteiger partial charge in [0.05, 0.1) is 0 Å². The number of halogens is 2. The molecule has 0 saturated carbocycles. The van der Waals surface area contributed by atoms with Crippen molar-refractivity contribution in [2.24, 2.45) is 0 Å². The Morgan fingerprint density at radius 3 is 2.53 bits per heavy atom. The van der Waals surface area contributed by atoms with Crippen LogP contribution in [0.25, 0.3) is 23.2 Å². The van der Waals surface area contributed by atoms with Crippen LogP contribution >= 0.6 is 39.3 Å². The van der Waals surface area contributed by atoms with E-state index in [1.54, 1.807) is 30.3 Å². The molecule has 0 radical (unpaired) electrons. The van der Waals surface area contributed by atoms with Gasteiger partial charge in [0.1, 0.15) is 4.91 Å². The zero-order chi connectivity index (χ0) is 21.1.